The van der Waals surface area contributed by atoms with Gasteiger partial charge < -0.3 is 0 Å². The molecule has 2 nitrogen and oxygen atoms in total. The molecule has 0 N–H and O–H groups in total. The van der Waals surface area contributed by atoms with Crippen LogP contribution in [0.4, 0.5) is 11.4 Å². The van der Waals surface area contributed by atoms with Crippen molar-refractivity contribution in [3.05, 3.63) is 153 Å². The summed E-state index contributed by atoms with van der Waals surface area (Å²) in [5, 5.41) is 7.22. The summed E-state index contributed by atoms with van der Waals surface area (Å²) in [6, 6.07) is 41.7. The van der Waals surface area contributed by atoms with Crippen molar-refractivity contribution in [3.8, 4) is 22.3 Å². The highest BCUT2D eigenvalue weighted by atomic mass is 14.8. The lowest BCUT2D eigenvalue weighted by Gasteiger charge is -2.22. The molecule has 0 saturated heterocycles. The van der Waals surface area contributed by atoms with E-state index < -0.39 is 0 Å². The molecule has 1 aliphatic carbocycles. The van der Waals surface area contributed by atoms with Gasteiger partial charge in [0.15, 0.2) is 0 Å². The van der Waals surface area contributed by atoms with Crippen LogP contribution in [0.3, 0.4) is 0 Å². The molecule has 0 amide bonds. The third-order valence-corrected chi connectivity index (χ3v) is 8.55. The predicted octanol–water partition coefficient (Wildman–Crippen LogP) is 7.68. The fraction of sp³-hybridized carbons (Fsp3) is 0.0556. The Kier molecular flexibility index (Phi) is 3.93. The molecule has 1 atom stereocenters. The van der Waals surface area contributed by atoms with Crippen LogP contribution in [-0.4, -0.2) is 0 Å². The summed E-state index contributed by atoms with van der Waals surface area (Å²) >= 11 is 0. The van der Waals surface area contributed by atoms with Gasteiger partial charge in [0.2, 0.25) is 0 Å². The van der Waals surface area contributed by atoms with Crippen LogP contribution in [0.25, 0.3) is 33.0 Å². The first-order valence-electron chi connectivity index (χ1n) is 13.3. The predicted molar refractivity (Wildman–Crippen MR) is 153 cm³/mol. The smallest absolute Gasteiger partial charge is 0.0817 e. The molecule has 176 valence electrons. The first kappa shape index (κ1) is 20.3. The highest BCUT2D eigenvalue weighted by Crippen LogP contribution is 2.52. The van der Waals surface area contributed by atoms with Gasteiger partial charge >= 0.3 is 0 Å². The zero-order valence-corrected chi connectivity index (χ0v) is 20.6. The highest BCUT2D eigenvalue weighted by Gasteiger charge is 2.33. The number of fused-ring (bicyclic) bond motifs is 6. The van der Waals surface area contributed by atoms with Crippen LogP contribution >= 0.6 is 0 Å². The lowest BCUT2D eigenvalue weighted by molar-refractivity contribution is 0.852. The largest absolute Gasteiger partial charge is 0.248 e. The molecule has 6 aromatic rings. The Balaban J connectivity index is 1.40. The van der Waals surface area contributed by atoms with Gasteiger partial charge in [0.05, 0.1) is 22.1 Å². The van der Waals surface area contributed by atoms with E-state index in [0.717, 1.165) is 28.5 Å². The molecule has 2 heterocycles. The van der Waals surface area contributed by atoms with E-state index in [2.05, 4.69) is 115 Å². The molecule has 0 radical (unpaired) electrons. The van der Waals surface area contributed by atoms with Gasteiger partial charge in [-0.1, -0.05) is 91.0 Å². The van der Waals surface area contributed by atoms with E-state index in [4.69, 9.17) is 9.98 Å². The second kappa shape index (κ2) is 7.36. The normalized spacial score (nSPS) is 15.4. The third-order valence-electron chi connectivity index (χ3n) is 8.55. The Labute approximate surface area is 219 Å². The molecular weight excluding hydrogens is 460 g/mol. The standard InChI is InChI=1S/C36H22N2/c1-2-8-21(9-3-1)24-16-18-30-34(33(24)28-20-23-12-6-10-22-11-7-14-26(28)32(22)23)35-31(37-30)19-17-27-25-13-4-5-15-29(25)38-36(27)35/h1-19,28H,20H2. The van der Waals surface area contributed by atoms with E-state index in [-0.39, 0.29) is 5.92 Å². The van der Waals surface area contributed by atoms with Gasteiger partial charge in [0.25, 0.3) is 0 Å². The molecule has 0 fully saturated rings. The van der Waals surface area contributed by atoms with E-state index in [1.165, 1.54) is 60.2 Å². The third kappa shape index (κ3) is 2.62. The summed E-state index contributed by atoms with van der Waals surface area (Å²) in [5.74, 6) is 0.252. The second-order valence-electron chi connectivity index (χ2n) is 10.5. The van der Waals surface area contributed by atoms with Crippen molar-refractivity contribution in [1.82, 2.24) is 0 Å². The molecular formula is C36H22N2. The maximum atomic E-state index is 5.17. The molecule has 1 unspecified atom stereocenters. The maximum Gasteiger partial charge on any atom is 0.0817 e. The Morgan fingerprint density at radius 1 is 0.579 bits per heavy atom. The Hall–Kier alpha value is -4.82. The van der Waals surface area contributed by atoms with Crippen molar-refractivity contribution in [3.63, 3.8) is 0 Å². The number of para-hydroxylation sites is 1. The fourth-order valence-corrected chi connectivity index (χ4v) is 7.00. The zero-order valence-electron chi connectivity index (χ0n) is 20.6. The van der Waals surface area contributed by atoms with E-state index in [1.807, 2.05) is 0 Å². The van der Waals surface area contributed by atoms with Crippen molar-refractivity contribution < 1.29 is 0 Å². The van der Waals surface area contributed by atoms with Crippen molar-refractivity contribution in [2.45, 2.75) is 12.3 Å². The molecule has 9 rings (SSSR count). The van der Waals surface area contributed by atoms with Crippen molar-refractivity contribution in [2.24, 2.45) is 9.98 Å². The summed E-state index contributed by atoms with van der Waals surface area (Å²) in [6.45, 7) is 0. The number of benzene rings is 6. The molecule has 6 aromatic carbocycles. The number of rotatable bonds is 2. The molecule has 0 aromatic heterocycles. The monoisotopic (exact) mass is 482 g/mol. The minimum atomic E-state index is 0.252. The Bertz CT molecular complexity index is 2210. The Morgan fingerprint density at radius 3 is 2.34 bits per heavy atom. The van der Waals surface area contributed by atoms with Gasteiger partial charge in [-0.05, 0) is 69.3 Å². The summed E-state index contributed by atoms with van der Waals surface area (Å²) in [7, 11) is 0. The van der Waals surface area contributed by atoms with Gasteiger partial charge in [-0.25, -0.2) is 9.98 Å². The summed E-state index contributed by atoms with van der Waals surface area (Å²) in [5.41, 5.74) is 11.3. The lowest BCUT2D eigenvalue weighted by atomic mass is 9.80. The molecule has 0 bridgehead atoms. The zero-order chi connectivity index (χ0) is 24.8. The molecule has 0 spiro atoms. The van der Waals surface area contributed by atoms with Gasteiger partial charge in [-0.2, -0.15) is 0 Å². The first-order chi connectivity index (χ1) is 18.8. The molecule has 3 aliphatic rings. The van der Waals surface area contributed by atoms with Crippen LogP contribution < -0.4 is 10.7 Å². The van der Waals surface area contributed by atoms with Gasteiger partial charge in [-0.15, -0.1) is 0 Å². The van der Waals surface area contributed by atoms with Gasteiger partial charge in [0.1, 0.15) is 0 Å². The van der Waals surface area contributed by atoms with Crippen molar-refractivity contribution >= 4 is 22.1 Å². The highest BCUT2D eigenvalue weighted by molar-refractivity contribution is 5.97. The van der Waals surface area contributed by atoms with Crippen LogP contribution in [-0.2, 0) is 6.42 Å². The van der Waals surface area contributed by atoms with E-state index in [9.17, 15) is 0 Å². The second-order valence-corrected chi connectivity index (χ2v) is 10.5. The number of hydrogen-bond acceptors (Lipinski definition) is 2. The van der Waals surface area contributed by atoms with Crippen LogP contribution in [0.15, 0.2) is 125 Å². The van der Waals surface area contributed by atoms with Crippen LogP contribution in [0.5, 0.6) is 0 Å². The topological polar surface area (TPSA) is 24.7 Å². The van der Waals surface area contributed by atoms with Gasteiger partial charge in [-0.3, -0.25) is 0 Å². The van der Waals surface area contributed by atoms with E-state index >= 15 is 0 Å². The minimum Gasteiger partial charge on any atom is -0.248 e. The van der Waals surface area contributed by atoms with E-state index in [0.29, 0.717) is 0 Å². The van der Waals surface area contributed by atoms with Crippen LogP contribution in [0, 0.1) is 10.4 Å². The van der Waals surface area contributed by atoms with Crippen molar-refractivity contribution in [1.29, 1.82) is 0 Å². The lowest BCUT2D eigenvalue weighted by Crippen LogP contribution is -2.07. The molecule has 2 heteroatoms. The SMILES string of the molecule is c1ccc(-c2ccc3c(c2C2Cc4cccc5cccc2c45)-c2c4c(ccc2=N3)=c2ccccc2=N4)cc1. The maximum absolute atomic E-state index is 5.17. The minimum absolute atomic E-state index is 0.252. The first-order valence-corrected chi connectivity index (χ1v) is 13.3. The molecule has 0 saturated carbocycles. The van der Waals surface area contributed by atoms with Crippen LogP contribution in [0.2, 0.25) is 0 Å². The molecule has 38 heavy (non-hydrogen) atoms. The van der Waals surface area contributed by atoms with Crippen LogP contribution in [0.1, 0.15) is 22.6 Å². The van der Waals surface area contributed by atoms with Gasteiger partial charge in [0, 0.05) is 27.5 Å². The van der Waals surface area contributed by atoms with E-state index in [1.54, 1.807) is 0 Å². The van der Waals surface area contributed by atoms with Crippen molar-refractivity contribution in [2.75, 3.05) is 0 Å². The molecule has 2 aliphatic heterocycles. The number of hydrogen-bond donors (Lipinski definition) is 0. The average Bonchev–Trinajstić information content (AvgIpc) is 3.65. The summed E-state index contributed by atoms with van der Waals surface area (Å²) in [4.78, 5) is 10.3. The average molecular weight is 483 g/mol. The summed E-state index contributed by atoms with van der Waals surface area (Å²) in [6.07, 6.45) is 0.995. The quantitative estimate of drug-likeness (QED) is 0.241. The Morgan fingerprint density at radius 2 is 1.42 bits per heavy atom. The fourth-order valence-electron chi connectivity index (χ4n) is 7.00. The number of nitrogens with zero attached hydrogens (tertiary/aromatic N) is 2. The summed E-state index contributed by atoms with van der Waals surface area (Å²) < 4.78 is 0.